The first-order chi connectivity index (χ1) is 67.0. The third kappa shape index (κ3) is 46.9. The van der Waals surface area contributed by atoms with Gasteiger partial charge in [-0.15, -0.1) is 0 Å². The molecule has 0 radical (unpaired) electrons. The van der Waals surface area contributed by atoms with Gasteiger partial charge in [0.1, 0.15) is 37.9 Å². The Morgan fingerprint density at radius 3 is 1.11 bits per heavy atom. The van der Waals surface area contributed by atoms with Crippen molar-refractivity contribution in [2.24, 2.45) is 0 Å². The second-order valence-corrected chi connectivity index (χ2v) is 29.6. The van der Waals surface area contributed by atoms with Crippen LogP contribution < -0.4 is 176 Å². The molecular formula is C88H77Cl4Cs2F21N20O13. The standard InChI is InChI=1S/C20H13F6N5.C13H10ClF3N4O.C13H8ClF3N4.C8H6F3NO2.C8H8F3N.C7H5F3N2O2.C7H9N.C4H2Cl2N2.C4H6O3.C2H4O2.CH2O3.CH4.2Cs.H/c1-11-28-15-7-4-13(20(24,25)26)8-16(15)31(11)18-10-27-9-17(30-18)29-14-5-2-12(3-6-14)19(21,22)23;1-7(22)19-9-3-2-8(13(15,16)17)4-10(9)20-12-6-18-5-11(14)21-12;1-7-19-9-3-2-8(13(15,16)17)4-10(9)21(7)12-6-18-5-11(14)20-12;1-5-2-3-6(8(9,10)11)4-7(5)12(13)14;1-5-2-3-6(4-7(5)12)8(9,10)11;8-7(9,10)4-1-2-5(11)6(3-4)12(13)14;1-6-2-4-7(8)5-3-6;5-3-1-7-2-4(6)8-3;1-3(5)7-4(2)6;1-2(3)4;2-1-4-3;;;;/h2-10H,1H3,(H,29,30);2-6H,1H3,(H,19,22)(H,20,21);2-6H,1H3;2-4H,1H3;2-4H,12H2,1H3;1-3H,11H2;2-5H,8H2,1H3;1-2H;1-2H3;1H3,(H,3,4);1,3H;1H4;;;/q;;;;;;;;;;;;2*+1;-1/p-1. The third-order valence-electron chi connectivity index (χ3n) is 16.9. The van der Waals surface area contributed by atoms with E-state index in [0.717, 1.165) is 97.5 Å². The Hall–Kier alpha value is -11.9. The number of carboxylic acid groups (broad SMARTS) is 1. The van der Waals surface area contributed by atoms with Gasteiger partial charge in [0, 0.05) is 62.5 Å². The van der Waals surface area contributed by atoms with Crippen LogP contribution in [0.1, 0.15) is 104 Å². The predicted octanol–water partition coefficient (Wildman–Crippen LogP) is 18.0. The van der Waals surface area contributed by atoms with Crippen molar-refractivity contribution in [3.05, 3.63) is 315 Å². The van der Waals surface area contributed by atoms with Crippen LogP contribution in [0.25, 0.3) is 33.7 Å². The molecule has 33 nitrogen and oxygen atoms in total. The predicted molar refractivity (Wildman–Crippen MR) is 493 cm³/mol. The number of anilines is 8. The number of carbonyl (C=O) groups is 5. The molecule has 6 aromatic heterocycles. The first-order valence-electron chi connectivity index (χ1n) is 39.1. The zero-order valence-corrected chi connectivity index (χ0v) is 92.6. The summed E-state index contributed by atoms with van der Waals surface area (Å²) in [7, 11) is 0. The van der Waals surface area contributed by atoms with Crippen molar-refractivity contribution >= 4 is 156 Å². The number of alkyl halides is 21. The van der Waals surface area contributed by atoms with E-state index in [9.17, 15) is 127 Å². The Morgan fingerprint density at radius 2 is 0.750 bits per heavy atom. The van der Waals surface area contributed by atoms with Gasteiger partial charge in [0.15, 0.2) is 23.3 Å². The normalized spacial score (nSPS) is 10.7. The number of nitrogens with zero attached hydrogens (tertiary/aromatic N) is 14. The van der Waals surface area contributed by atoms with Gasteiger partial charge in [-0.3, -0.25) is 73.3 Å². The Morgan fingerprint density at radius 1 is 0.412 bits per heavy atom. The number of nitrogens with two attached hydrogens (primary N) is 3. The van der Waals surface area contributed by atoms with E-state index in [-0.39, 0.29) is 215 Å². The summed E-state index contributed by atoms with van der Waals surface area (Å²) in [5.41, 5.74) is 13.3. The molecule has 0 aliphatic rings. The number of ether oxygens (including phenoxy) is 1. The summed E-state index contributed by atoms with van der Waals surface area (Å²) in [6, 6.07) is 29.3. The van der Waals surface area contributed by atoms with E-state index < -0.39 is 127 Å². The summed E-state index contributed by atoms with van der Waals surface area (Å²) in [5, 5.41) is 45.2. The number of nitrogens with one attached hydrogen (secondary N) is 3. The molecule has 0 fully saturated rings. The Balaban J connectivity index is 0.00000169. The zero-order chi connectivity index (χ0) is 110. The summed E-state index contributed by atoms with van der Waals surface area (Å²) >= 11 is 22.2. The first kappa shape index (κ1) is 134. The number of hydrogen-bond donors (Lipinski definition) is 7. The molecular weight excluding hydrogens is 2350 g/mol. The molecule has 0 aliphatic carbocycles. The smallest absolute Gasteiger partial charge is 1.00 e. The fraction of sp³-hybridized carbons (Fsp3) is 0.193. The fourth-order valence-corrected chi connectivity index (χ4v) is 11.2. The molecule has 0 aliphatic heterocycles. The molecule has 148 heavy (non-hydrogen) atoms. The monoisotopic (exact) mass is 2430 g/mol. The number of rotatable bonds is 10. The molecule has 6 heterocycles. The van der Waals surface area contributed by atoms with Crippen molar-refractivity contribution in [2.75, 3.05) is 33.2 Å². The number of carbonyl (C=O) groups excluding carboxylic acids is 4. The number of aromatic nitrogens is 12. The van der Waals surface area contributed by atoms with Gasteiger partial charge in [-0.05, 0) is 162 Å². The van der Waals surface area contributed by atoms with E-state index >= 15 is 0 Å². The van der Waals surface area contributed by atoms with Gasteiger partial charge in [0.25, 0.3) is 23.8 Å². The van der Waals surface area contributed by atoms with Crippen molar-refractivity contribution in [1.82, 2.24) is 59.0 Å². The Kier molecular flexibility index (Phi) is 55.0. The maximum absolute atomic E-state index is 13.1. The number of amides is 1. The average Bonchev–Trinajstić information content (AvgIpc) is 1.62. The van der Waals surface area contributed by atoms with Gasteiger partial charge in [0.05, 0.1) is 132 Å². The van der Waals surface area contributed by atoms with Crippen LogP contribution in [-0.4, -0.2) is 104 Å². The largest absolute Gasteiger partial charge is 1.00 e. The van der Waals surface area contributed by atoms with Crippen molar-refractivity contribution in [1.29, 1.82) is 0 Å². The quantitative estimate of drug-likeness (QED) is 0.00977. The molecule has 60 heteroatoms. The minimum absolute atomic E-state index is 0. The van der Waals surface area contributed by atoms with Crippen LogP contribution >= 0.6 is 46.4 Å². The molecule has 14 rings (SSSR count). The van der Waals surface area contributed by atoms with Gasteiger partial charge in [-0.2, -0.15) is 92.2 Å². The van der Waals surface area contributed by atoms with Crippen molar-refractivity contribution in [2.45, 2.75) is 113 Å². The molecule has 0 saturated carbocycles. The summed E-state index contributed by atoms with van der Waals surface area (Å²) in [6.45, 7) is 12.9. The van der Waals surface area contributed by atoms with Crippen LogP contribution in [0.2, 0.25) is 20.6 Å². The molecule has 0 bridgehead atoms. The first-order valence-corrected chi connectivity index (χ1v) is 40.6. The Labute approximate surface area is 962 Å². The SMILES string of the molecule is C.CC(=O)Nc1ccc(C(F)(F)F)cc1Nc1cncc(Cl)n1.CC(=O)O.CC(=O)OC(C)=O.Cc1ccc(C(F)(F)F)cc1N.Cc1ccc(C(F)(F)F)cc1[N+](=O)[O-].Cc1ccc(N)cc1.Cc1nc2ccc(C(F)(F)F)cc2n1-c1cncc(Cl)n1.Cc1nc2ccc(C(F)(F)F)cc2n1-c1cncc(Nc2ccc(C(F)(F)F)cc2)n1.Clc1cncc(Cl)n1.Nc1ccc(C(F)(F)F)cc1[N+](=O)[O-].O=CO[O-].[Cs+].[Cs+].[H-]. The van der Waals surface area contributed by atoms with Gasteiger partial charge in [-0.25, -0.2) is 29.9 Å². The molecule has 0 spiro atoms. The van der Waals surface area contributed by atoms with Crippen LogP contribution in [0, 0.1) is 54.8 Å². The number of aliphatic carboxylic acids is 1. The molecule has 0 atom stereocenters. The van der Waals surface area contributed by atoms with E-state index in [1.807, 2.05) is 31.2 Å². The van der Waals surface area contributed by atoms with Gasteiger partial charge >= 0.3 is 193 Å². The van der Waals surface area contributed by atoms with Crippen molar-refractivity contribution < 1.29 is 285 Å². The molecule has 0 saturated heterocycles. The van der Waals surface area contributed by atoms with Crippen LogP contribution in [0.4, 0.5) is 149 Å². The zero-order valence-electron chi connectivity index (χ0n) is 78.0. The molecule has 14 aromatic rings. The number of esters is 2. The van der Waals surface area contributed by atoms with E-state index in [2.05, 4.69) is 75.4 Å². The van der Waals surface area contributed by atoms with Crippen molar-refractivity contribution in [3.8, 4) is 11.6 Å². The molecule has 10 N–H and O–H groups in total. The summed E-state index contributed by atoms with van der Waals surface area (Å²) in [5.74, 6) is -0.599. The summed E-state index contributed by atoms with van der Waals surface area (Å²) in [4.78, 5) is 110. The number of nitro benzene ring substituents is 2. The number of nitro groups is 2. The van der Waals surface area contributed by atoms with E-state index in [1.165, 1.54) is 122 Å². The second-order valence-electron chi connectivity index (χ2n) is 28.1. The average molecular weight is 2430 g/mol. The minimum Gasteiger partial charge on any atom is -1.00 e. The number of fused-ring (bicyclic) bond motifs is 2. The fourth-order valence-electron chi connectivity index (χ4n) is 10.6. The Bertz CT molecular complexity index is 6680. The van der Waals surface area contributed by atoms with Crippen LogP contribution in [0.3, 0.4) is 0 Å². The van der Waals surface area contributed by atoms with Crippen LogP contribution in [-0.2, 0) is 76.8 Å². The maximum Gasteiger partial charge on any atom is 1.00 e. The van der Waals surface area contributed by atoms with E-state index in [4.69, 9.17) is 83.6 Å². The molecule has 1 amide bonds. The van der Waals surface area contributed by atoms with Gasteiger partial charge in [0.2, 0.25) is 5.91 Å². The van der Waals surface area contributed by atoms with Crippen molar-refractivity contribution in [3.63, 3.8) is 0 Å². The number of nitrogen functional groups attached to an aromatic ring is 3. The topological polar surface area (TPSA) is 486 Å². The maximum atomic E-state index is 13.1. The van der Waals surface area contributed by atoms with Crippen LogP contribution in [0.15, 0.2) is 207 Å². The minimum atomic E-state index is -4.60. The molecule has 8 aromatic carbocycles. The van der Waals surface area contributed by atoms with Gasteiger partial charge in [-0.1, -0.05) is 83.7 Å². The number of aryl methyl sites for hydroxylation is 5. The number of imidazole rings is 2. The molecule has 784 valence electrons. The number of benzene rings is 8. The van der Waals surface area contributed by atoms with Gasteiger partial charge < -0.3 is 54.6 Å². The van der Waals surface area contributed by atoms with E-state index in [0.29, 0.717) is 73.8 Å². The van der Waals surface area contributed by atoms with E-state index in [1.54, 1.807) is 20.8 Å². The number of hydrogen-bond acceptors (Lipinski definition) is 27. The third-order valence-corrected chi connectivity index (χ3v) is 17.6. The summed E-state index contributed by atoms with van der Waals surface area (Å²) < 4.78 is 270. The second kappa shape index (κ2) is 60.7. The summed E-state index contributed by atoms with van der Waals surface area (Å²) in [6.07, 6.45) is -20.5. The van der Waals surface area contributed by atoms with Crippen LogP contribution in [0.5, 0.6) is 0 Å². The molecule has 0 unspecified atom stereocenters. The number of carboxylic acids is 1. The number of halogens is 25.